The van der Waals surface area contributed by atoms with Gasteiger partial charge >= 0.3 is 6.18 Å². The van der Waals surface area contributed by atoms with Gasteiger partial charge in [0.25, 0.3) is 5.91 Å². The Kier molecular flexibility index (Phi) is 6.71. The Balaban J connectivity index is 1.66. The molecule has 4 rings (SSSR count). The average molecular weight is 508 g/mol. The largest absolute Gasteiger partial charge is 0.435 e. The maximum Gasteiger partial charge on any atom is 0.435 e. The van der Waals surface area contributed by atoms with Crippen LogP contribution < -0.4 is 5.32 Å². The molecule has 0 unspecified atom stereocenters. The molecule has 1 amide bonds. The minimum absolute atomic E-state index is 0.119. The molecule has 0 aliphatic rings. The predicted molar refractivity (Wildman–Crippen MR) is 127 cm³/mol. The standard InChI is InChI=1S/C25H15F3N4O3S/c26-25(27,28)23-13-22(32(31-23)20-6-3-4-16(12-20)14-29)24(33)30-19-10-8-17(9-11-19)21-7-2-1-5-18(21)15-36(34)35/h1-13,15H,(H,30,33). The first kappa shape index (κ1) is 24.4. The second kappa shape index (κ2) is 9.89. The van der Waals surface area contributed by atoms with Gasteiger partial charge in [-0.05, 0) is 47.0 Å². The third-order valence-electron chi connectivity index (χ3n) is 5.09. The highest BCUT2D eigenvalue weighted by atomic mass is 32.2. The van der Waals surface area contributed by atoms with Crippen molar-refractivity contribution < 1.29 is 26.4 Å². The van der Waals surface area contributed by atoms with Crippen molar-refractivity contribution in [1.82, 2.24) is 9.78 Å². The van der Waals surface area contributed by atoms with Crippen LogP contribution in [-0.4, -0.2) is 29.5 Å². The van der Waals surface area contributed by atoms with Gasteiger partial charge in [0.15, 0.2) is 5.69 Å². The molecule has 0 saturated carbocycles. The van der Waals surface area contributed by atoms with Gasteiger partial charge in [0, 0.05) is 11.8 Å². The number of carbonyl (C=O) groups is 1. The summed E-state index contributed by atoms with van der Waals surface area (Å²) in [5.41, 5.74) is 0.766. The van der Waals surface area contributed by atoms with E-state index >= 15 is 0 Å². The first-order valence-electron chi connectivity index (χ1n) is 10.3. The number of nitriles is 1. The fourth-order valence-corrected chi connectivity index (χ4v) is 3.89. The molecule has 0 aliphatic carbocycles. The average Bonchev–Trinajstić information content (AvgIpc) is 3.31. The molecule has 1 heterocycles. The number of nitrogens with zero attached hydrogens (tertiary/aromatic N) is 3. The molecule has 3 aromatic carbocycles. The number of benzene rings is 3. The van der Waals surface area contributed by atoms with E-state index in [1.165, 1.54) is 24.3 Å². The van der Waals surface area contributed by atoms with Gasteiger partial charge in [0.2, 0.25) is 10.3 Å². The number of hydrogen-bond donors (Lipinski definition) is 1. The summed E-state index contributed by atoms with van der Waals surface area (Å²) < 4.78 is 63.1. The second-order valence-corrected chi connectivity index (χ2v) is 8.24. The van der Waals surface area contributed by atoms with Crippen molar-refractivity contribution in [3.8, 4) is 22.9 Å². The highest BCUT2D eigenvalue weighted by Gasteiger charge is 2.36. The minimum Gasteiger partial charge on any atom is -0.321 e. The van der Waals surface area contributed by atoms with Crippen LogP contribution in [0.1, 0.15) is 27.3 Å². The van der Waals surface area contributed by atoms with E-state index in [0.717, 1.165) is 10.0 Å². The Morgan fingerprint density at radius 2 is 1.72 bits per heavy atom. The van der Waals surface area contributed by atoms with Gasteiger partial charge in [-0.15, -0.1) is 0 Å². The minimum atomic E-state index is -4.78. The highest BCUT2D eigenvalue weighted by Crippen LogP contribution is 2.30. The van der Waals surface area contributed by atoms with E-state index in [0.29, 0.717) is 28.4 Å². The monoisotopic (exact) mass is 508 g/mol. The number of rotatable bonds is 5. The van der Waals surface area contributed by atoms with E-state index in [2.05, 4.69) is 10.4 Å². The van der Waals surface area contributed by atoms with E-state index in [1.807, 2.05) is 6.07 Å². The van der Waals surface area contributed by atoms with E-state index in [1.54, 1.807) is 48.5 Å². The van der Waals surface area contributed by atoms with Crippen molar-refractivity contribution in [1.29, 1.82) is 5.26 Å². The summed E-state index contributed by atoms with van der Waals surface area (Å²) in [6, 6.07) is 21.4. The van der Waals surface area contributed by atoms with E-state index in [-0.39, 0.29) is 16.9 Å². The van der Waals surface area contributed by atoms with E-state index < -0.39 is 28.1 Å². The molecule has 0 bridgehead atoms. The third kappa shape index (κ3) is 5.34. The van der Waals surface area contributed by atoms with Gasteiger partial charge in [-0.1, -0.05) is 42.5 Å². The SMILES string of the molecule is N#Cc1cccc(-n2nc(C(F)(F)F)cc2C(=O)Nc2ccc(-c3ccccc3C=S(=O)=O)cc2)c1. The Bertz CT molecular complexity index is 1630. The van der Waals surface area contributed by atoms with Crippen molar-refractivity contribution in [2.45, 2.75) is 6.18 Å². The summed E-state index contributed by atoms with van der Waals surface area (Å²) in [5, 5.41) is 16.3. The lowest BCUT2D eigenvalue weighted by Crippen LogP contribution is -2.17. The molecule has 0 saturated heterocycles. The van der Waals surface area contributed by atoms with Crippen molar-refractivity contribution in [2.24, 2.45) is 0 Å². The summed E-state index contributed by atoms with van der Waals surface area (Å²) in [7, 11) is -2.40. The van der Waals surface area contributed by atoms with Crippen LogP contribution in [0.4, 0.5) is 18.9 Å². The van der Waals surface area contributed by atoms with Crippen molar-refractivity contribution in [3.63, 3.8) is 0 Å². The number of nitrogens with one attached hydrogen (secondary N) is 1. The quantitative estimate of drug-likeness (QED) is 0.393. The summed E-state index contributed by atoms with van der Waals surface area (Å²) in [4.78, 5) is 13.0. The molecule has 0 fully saturated rings. The van der Waals surface area contributed by atoms with Crippen molar-refractivity contribution in [2.75, 3.05) is 5.32 Å². The van der Waals surface area contributed by atoms with Crippen LogP contribution in [-0.2, 0) is 16.5 Å². The van der Waals surface area contributed by atoms with Gasteiger partial charge in [-0.2, -0.15) is 31.9 Å². The van der Waals surface area contributed by atoms with Crippen LogP contribution in [0.2, 0.25) is 0 Å². The number of hydrogen-bond acceptors (Lipinski definition) is 5. The molecule has 0 atom stereocenters. The zero-order chi connectivity index (χ0) is 25.9. The third-order valence-corrected chi connectivity index (χ3v) is 5.54. The molecule has 0 spiro atoms. The molecule has 1 aromatic heterocycles. The number of amides is 1. The number of carbonyl (C=O) groups excluding carboxylic acids is 1. The summed E-state index contributed by atoms with van der Waals surface area (Å²) in [6.07, 6.45) is -4.78. The molecule has 7 nitrogen and oxygen atoms in total. The number of halogens is 3. The lowest BCUT2D eigenvalue weighted by Gasteiger charge is -2.10. The Hall–Kier alpha value is -4.69. The normalized spacial score (nSPS) is 10.9. The number of alkyl halides is 3. The summed E-state index contributed by atoms with van der Waals surface area (Å²) >= 11 is 0. The Morgan fingerprint density at radius 1 is 1.00 bits per heavy atom. The van der Waals surface area contributed by atoms with Crippen molar-refractivity contribution in [3.05, 3.63) is 101 Å². The van der Waals surface area contributed by atoms with Crippen LogP contribution in [0.5, 0.6) is 0 Å². The van der Waals surface area contributed by atoms with Crippen LogP contribution in [0.15, 0.2) is 78.9 Å². The van der Waals surface area contributed by atoms with Crippen LogP contribution in [0.25, 0.3) is 16.8 Å². The van der Waals surface area contributed by atoms with Gasteiger partial charge in [0.05, 0.1) is 22.7 Å². The number of anilines is 1. The maximum atomic E-state index is 13.3. The predicted octanol–water partition coefficient (Wildman–Crippen LogP) is 4.71. The fourth-order valence-electron chi connectivity index (χ4n) is 3.48. The topological polar surface area (TPSA) is 105 Å². The van der Waals surface area contributed by atoms with Crippen LogP contribution in [0, 0.1) is 11.3 Å². The molecule has 180 valence electrons. The highest BCUT2D eigenvalue weighted by molar-refractivity contribution is 7.71. The van der Waals surface area contributed by atoms with Gasteiger partial charge in [-0.25, -0.2) is 4.68 Å². The van der Waals surface area contributed by atoms with Crippen LogP contribution in [0.3, 0.4) is 0 Å². The zero-order valence-electron chi connectivity index (χ0n) is 18.2. The lowest BCUT2D eigenvalue weighted by atomic mass is 10.0. The summed E-state index contributed by atoms with van der Waals surface area (Å²) in [5.74, 6) is -0.844. The van der Waals surface area contributed by atoms with Gasteiger partial charge < -0.3 is 5.32 Å². The van der Waals surface area contributed by atoms with E-state index in [9.17, 15) is 26.4 Å². The molecule has 1 N–H and O–H groups in total. The zero-order valence-corrected chi connectivity index (χ0v) is 19.0. The number of aromatic nitrogens is 2. The first-order chi connectivity index (χ1) is 17.2. The fraction of sp³-hybridized carbons (Fsp3) is 0.0400. The molecule has 0 radical (unpaired) electrons. The molecular weight excluding hydrogens is 493 g/mol. The molecule has 4 aromatic rings. The van der Waals surface area contributed by atoms with Gasteiger partial charge in [0.1, 0.15) is 5.69 Å². The Morgan fingerprint density at radius 3 is 2.39 bits per heavy atom. The smallest absolute Gasteiger partial charge is 0.321 e. The second-order valence-electron chi connectivity index (χ2n) is 7.48. The van der Waals surface area contributed by atoms with Gasteiger partial charge in [-0.3, -0.25) is 4.79 Å². The molecule has 11 heteroatoms. The van der Waals surface area contributed by atoms with Crippen LogP contribution >= 0.6 is 0 Å². The first-order valence-corrected chi connectivity index (χ1v) is 11.4. The molecule has 36 heavy (non-hydrogen) atoms. The lowest BCUT2D eigenvalue weighted by molar-refractivity contribution is -0.141. The summed E-state index contributed by atoms with van der Waals surface area (Å²) in [6.45, 7) is 0. The molecule has 0 aliphatic heterocycles. The maximum absolute atomic E-state index is 13.3. The van der Waals surface area contributed by atoms with E-state index in [4.69, 9.17) is 5.26 Å². The Labute approximate surface area is 204 Å². The van der Waals surface area contributed by atoms with Crippen molar-refractivity contribution >= 4 is 27.3 Å². The molecular formula is C25H15F3N4O3S.